The van der Waals surface area contributed by atoms with Gasteiger partial charge in [0, 0.05) is 11.1 Å². The number of nitrogens with one attached hydrogen (secondary N) is 1. The van der Waals surface area contributed by atoms with Gasteiger partial charge in [0.15, 0.2) is 0 Å². The van der Waals surface area contributed by atoms with Crippen LogP contribution in [0.5, 0.6) is 0 Å². The van der Waals surface area contributed by atoms with Crippen molar-refractivity contribution in [2.24, 2.45) is 0 Å². The first-order valence-corrected chi connectivity index (χ1v) is 7.00. The molecule has 3 aromatic rings. The first-order valence-electron chi connectivity index (χ1n) is 6.21. The van der Waals surface area contributed by atoms with Crippen LogP contribution in [0.2, 0.25) is 5.02 Å². The van der Waals surface area contributed by atoms with E-state index in [1.807, 2.05) is 24.3 Å². The molecule has 0 atom stereocenters. The SMILES string of the molecule is CC(C)c1cc(-c2n[nH]c(=S)o2)c2cccc(Cl)c2n1. The molecule has 0 fully saturated rings. The molecule has 0 saturated carbocycles. The van der Waals surface area contributed by atoms with Crippen LogP contribution in [0, 0.1) is 4.84 Å². The fourth-order valence-electron chi connectivity index (χ4n) is 2.05. The Hall–Kier alpha value is -1.72. The van der Waals surface area contributed by atoms with Crippen LogP contribution in [0.3, 0.4) is 0 Å². The molecule has 0 radical (unpaired) electrons. The second-order valence-electron chi connectivity index (χ2n) is 4.80. The van der Waals surface area contributed by atoms with Crippen molar-refractivity contribution >= 4 is 34.7 Å². The molecule has 0 spiro atoms. The minimum atomic E-state index is 0.248. The zero-order valence-electron chi connectivity index (χ0n) is 11.0. The summed E-state index contributed by atoms with van der Waals surface area (Å²) >= 11 is 11.2. The lowest BCUT2D eigenvalue weighted by molar-refractivity contribution is 0.552. The Morgan fingerprint density at radius 2 is 2.15 bits per heavy atom. The van der Waals surface area contributed by atoms with Crippen LogP contribution < -0.4 is 0 Å². The molecule has 6 heteroatoms. The second kappa shape index (κ2) is 5.00. The third kappa shape index (κ3) is 2.23. The average Bonchev–Trinajstić information content (AvgIpc) is 2.84. The number of para-hydroxylation sites is 1. The fraction of sp³-hybridized carbons (Fsp3) is 0.214. The monoisotopic (exact) mass is 305 g/mol. The molecule has 0 aliphatic rings. The van der Waals surface area contributed by atoms with Gasteiger partial charge < -0.3 is 4.42 Å². The van der Waals surface area contributed by atoms with Crippen molar-refractivity contribution in [3.05, 3.63) is 39.8 Å². The van der Waals surface area contributed by atoms with Crippen LogP contribution >= 0.6 is 23.8 Å². The summed E-state index contributed by atoms with van der Waals surface area (Å²) in [5.41, 5.74) is 2.53. The van der Waals surface area contributed by atoms with Crippen LogP contribution in [0.25, 0.3) is 22.4 Å². The zero-order chi connectivity index (χ0) is 14.3. The maximum absolute atomic E-state index is 6.26. The summed E-state index contributed by atoms with van der Waals surface area (Å²) in [5, 5.41) is 8.25. The largest absolute Gasteiger partial charge is 0.409 e. The Bertz CT molecular complexity index is 838. The van der Waals surface area contributed by atoms with Crippen LogP contribution in [-0.4, -0.2) is 15.2 Å². The minimum absolute atomic E-state index is 0.248. The highest BCUT2D eigenvalue weighted by atomic mass is 35.5. The van der Waals surface area contributed by atoms with E-state index >= 15 is 0 Å². The number of benzene rings is 1. The summed E-state index contributed by atoms with van der Waals surface area (Å²) in [6.07, 6.45) is 0. The molecule has 4 nitrogen and oxygen atoms in total. The summed E-state index contributed by atoms with van der Waals surface area (Å²) in [6.45, 7) is 4.16. The molecule has 2 heterocycles. The molecule has 102 valence electrons. The summed E-state index contributed by atoms with van der Waals surface area (Å²) in [5.74, 6) is 0.725. The number of hydrogen-bond donors (Lipinski definition) is 1. The van der Waals surface area contributed by atoms with Crippen molar-refractivity contribution in [2.45, 2.75) is 19.8 Å². The Balaban J connectivity index is 2.39. The third-order valence-corrected chi connectivity index (χ3v) is 3.55. The van der Waals surface area contributed by atoms with E-state index in [0.29, 0.717) is 10.9 Å². The Morgan fingerprint density at radius 1 is 1.35 bits per heavy atom. The number of nitrogens with zero attached hydrogens (tertiary/aromatic N) is 2. The molecule has 0 bridgehead atoms. The van der Waals surface area contributed by atoms with Crippen LogP contribution in [0.1, 0.15) is 25.5 Å². The fourth-order valence-corrected chi connectivity index (χ4v) is 2.39. The van der Waals surface area contributed by atoms with Gasteiger partial charge in [-0.05, 0) is 30.3 Å². The number of hydrogen-bond acceptors (Lipinski definition) is 4. The van der Waals surface area contributed by atoms with Gasteiger partial charge in [0.05, 0.1) is 16.1 Å². The molecule has 20 heavy (non-hydrogen) atoms. The standard InChI is InChI=1S/C14H12ClN3OS/c1-7(2)11-6-9(13-17-18-14(20)19-13)8-4-3-5-10(15)12(8)16-11/h3-7H,1-2H3,(H,18,20). The van der Waals surface area contributed by atoms with Gasteiger partial charge in [-0.3, -0.25) is 4.98 Å². The van der Waals surface area contributed by atoms with E-state index in [1.54, 1.807) is 0 Å². The molecule has 0 aliphatic carbocycles. The van der Waals surface area contributed by atoms with Gasteiger partial charge in [-0.15, -0.1) is 5.10 Å². The van der Waals surface area contributed by atoms with E-state index in [2.05, 4.69) is 29.0 Å². The first-order chi connectivity index (χ1) is 9.56. The lowest BCUT2D eigenvalue weighted by Crippen LogP contribution is -1.96. The van der Waals surface area contributed by atoms with Gasteiger partial charge in [0.2, 0.25) is 5.89 Å². The summed E-state index contributed by atoms with van der Waals surface area (Å²) in [7, 11) is 0. The number of rotatable bonds is 2. The number of H-pyrrole nitrogens is 1. The molecule has 1 N–H and O–H groups in total. The molecular formula is C14H12ClN3OS. The first kappa shape index (κ1) is 13.3. The molecule has 2 aromatic heterocycles. The highest BCUT2D eigenvalue weighted by Crippen LogP contribution is 2.32. The smallest absolute Gasteiger partial charge is 0.284 e. The predicted molar refractivity (Wildman–Crippen MR) is 81.5 cm³/mol. The van der Waals surface area contributed by atoms with E-state index in [4.69, 9.17) is 28.2 Å². The molecule has 0 aliphatic heterocycles. The average molecular weight is 306 g/mol. The number of fused-ring (bicyclic) bond motifs is 1. The molecule has 0 saturated heterocycles. The maximum atomic E-state index is 6.26. The zero-order valence-corrected chi connectivity index (χ0v) is 12.5. The van der Waals surface area contributed by atoms with Crippen molar-refractivity contribution in [3.8, 4) is 11.5 Å². The van der Waals surface area contributed by atoms with Gasteiger partial charge in [0.25, 0.3) is 4.84 Å². The molecule has 3 rings (SSSR count). The normalized spacial score (nSPS) is 11.4. The van der Waals surface area contributed by atoms with E-state index in [0.717, 1.165) is 22.2 Å². The van der Waals surface area contributed by atoms with Crippen molar-refractivity contribution in [1.29, 1.82) is 0 Å². The lowest BCUT2D eigenvalue weighted by Gasteiger charge is -2.10. The number of aromatic amines is 1. The highest BCUT2D eigenvalue weighted by molar-refractivity contribution is 7.71. The van der Waals surface area contributed by atoms with E-state index in [1.165, 1.54) is 0 Å². The highest BCUT2D eigenvalue weighted by Gasteiger charge is 2.15. The van der Waals surface area contributed by atoms with Crippen LogP contribution in [-0.2, 0) is 0 Å². The number of aromatic nitrogens is 3. The maximum Gasteiger partial charge on any atom is 0.284 e. The predicted octanol–water partition coefficient (Wildman–Crippen LogP) is 4.72. The van der Waals surface area contributed by atoms with Crippen molar-refractivity contribution < 1.29 is 4.42 Å². The van der Waals surface area contributed by atoms with Gasteiger partial charge >= 0.3 is 0 Å². The van der Waals surface area contributed by atoms with Gasteiger partial charge in [0.1, 0.15) is 0 Å². The van der Waals surface area contributed by atoms with E-state index < -0.39 is 0 Å². The second-order valence-corrected chi connectivity index (χ2v) is 5.58. The summed E-state index contributed by atoms with van der Waals surface area (Å²) in [4.78, 5) is 4.88. The van der Waals surface area contributed by atoms with Crippen molar-refractivity contribution in [1.82, 2.24) is 15.2 Å². The Morgan fingerprint density at radius 3 is 2.80 bits per heavy atom. The van der Waals surface area contributed by atoms with Gasteiger partial charge in [-0.25, -0.2) is 5.10 Å². The quantitative estimate of drug-likeness (QED) is 0.696. The third-order valence-electron chi connectivity index (χ3n) is 3.07. The van der Waals surface area contributed by atoms with Gasteiger partial charge in [-0.1, -0.05) is 37.6 Å². The number of pyridine rings is 1. The summed E-state index contributed by atoms with van der Waals surface area (Å²) < 4.78 is 5.43. The number of halogens is 1. The van der Waals surface area contributed by atoms with Crippen LogP contribution in [0.4, 0.5) is 0 Å². The Labute approximate surface area is 125 Å². The molecule has 0 amide bonds. The topological polar surface area (TPSA) is 54.7 Å². The molecule has 1 aromatic carbocycles. The molecule has 0 unspecified atom stereocenters. The Kier molecular flexibility index (Phi) is 3.31. The minimum Gasteiger partial charge on any atom is -0.409 e. The van der Waals surface area contributed by atoms with Gasteiger partial charge in [-0.2, -0.15) is 0 Å². The van der Waals surface area contributed by atoms with Crippen molar-refractivity contribution in [3.63, 3.8) is 0 Å². The van der Waals surface area contributed by atoms with E-state index in [-0.39, 0.29) is 10.8 Å². The lowest BCUT2D eigenvalue weighted by atomic mass is 10.0. The van der Waals surface area contributed by atoms with Crippen molar-refractivity contribution in [2.75, 3.05) is 0 Å². The van der Waals surface area contributed by atoms with E-state index in [9.17, 15) is 0 Å². The van der Waals surface area contributed by atoms with Crippen LogP contribution in [0.15, 0.2) is 28.7 Å². The molecular weight excluding hydrogens is 294 g/mol. The summed E-state index contributed by atoms with van der Waals surface area (Å²) in [6, 6.07) is 7.62.